The van der Waals surface area contributed by atoms with Crippen LogP contribution < -0.4 is 0 Å². The summed E-state index contributed by atoms with van der Waals surface area (Å²) in [4.78, 5) is 35.7. The molecule has 1 aliphatic rings. The zero-order valence-corrected chi connectivity index (χ0v) is 24.8. The molecule has 0 spiro atoms. The monoisotopic (exact) mass is 584 g/mol. The highest BCUT2D eigenvalue weighted by Crippen LogP contribution is 2.32. The van der Waals surface area contributed by atoms with Gasteiger partial charge in [-0.05, 0) is 79.6 Å². The highest BCUT2D eigenvalue weighted by molar-refractivity contribution is 6.30. The van der Waals surface area contributed by atoms with Crippen LogP contribution in [-0.2, 0) is 17.8 Å². The second-order valence-corrected chi connectivity index (χ2v) is 11.3. The van der Waals surface area contributed by atoms with E-state index >= 15 is 0 Å². The van der Waals surface area contributed by atoms with Gasteiger partial charge in [-0.2, -0.15) is 4.98 Å². The maximum absolute atomic E-state index is 13.9. The first-order chi connectivity index (χ1) is 20.5. The summed E-state index contributed by atoms with van der Waals surface area (Å²) < 4.78 is 5.66. The van der Waals surface area contributed by atoms with E-state index in [1.807, 2.05) is 66.7 Å². The molecule has 2 amide bonds. The zero-order valence-electron chi connectivity index (χ0n) is 24.0. The van der Waals surface area contributed by atoms with Crippen molar-refractivity contribution in [3.8, 4) is 11.4 Å². The lowest BCUT2D eigenvalue weighted by molar-refractivity contribution is -0.136. The molecule has 1 atom stereocenters. The van der Waals surface area contributed by atoms with Crippen LogP contribution in [-0.4, -0.2) is 44.8 Å². The molecule has 7 nitrogen and oxygen atoms in total. The Kier molecular flexibility index (Phi) is 10.0. The van der Waals surface area contributed by atoms with Crippen LogP contribution in [0.1, 0.15) is 78.9 Å². The van der Waals surface area contributed by atoms with Crippen molar-refractivity contribution in [1.29, 1.82) is 0 Å². The lowest BCUT2D eigenvalue weighted by Crippen LogP contribution is -2.45. The Morgan fingerprint density at radius 1 is 0.952 bits per heavy atom. The summed E-state index contributed by atoms with van der Waals surface area (Å²) in [5.41, 5.74) is 3.56. The number of amides is 2. The van der Waals surface area contributed by atoms with Crippen molar-refractivity contribution in [1.82, 2.24) is 19.9 Å². The van der Waals surface area contributed by atoms with E-state index in [-0.39, 0.29) is 24.4 Å². The van der Waals surface area contributed by atoms with Crippen molar-refractivity contribution < 1.29 is 14.1 Å². The van der Waals surface area contributed by atoms with Gasteiger partial charge >= 0.3 is 0 Å². The Bertz CT molecular complexity index is 1450. The van der Waals surface area contributed by atoms with Gasteiger partial charge in [0.1, 0.15) is 12.6 Å². The van der Waals surface area contributed by atoms with E-state index in [4.69, 9.17) is 16.1 Å². The van der Waals surface area contributed by atoms with Crippen molar-refractivity contribution in [3.05, 3.63) is 106 Å². The summed E-state index contributed by atoms with van der Waals surface area (Å²) in [7, 11) is 0. The molecule has 2 heterocycles. The number of benzene rings is 3. The van der Waals surface area contributed by atoms with Crippen LogP contribution in [0.25, 0.3) is 11.4 Å². The average Bonchev–Trinajstić information content (AvgIpc) is 3.52. The van der Waals surface area contributed by atoms with E-state index in [0.29, 0.717) is 35.4 Å². The summed E-state index contributed by atoms with van der Waals surface area (Å²) in [6.07, 6.45) is 7.05. The minimum absolute atomic E-state index is 0.0410. The molecule has 8 heteroatoms. The molecular formula is C34H37ClN4O3. The Morgan fingerprint density at radius 2 is 1.71 bits per heavy atom. The fourth-order valence-electron chi connectivity index (χ4n) is 5.41. The van der Waals surface area contributed by atoms with Crippen LogP contribution in [0.2, 0.25) is 5.02 Å². The molecule has 0 aliphatic carbocycles. The number of hydrogen-bond acceptors (Lipinski definition) is 5. The van der Waals surface area contributed by atoms with Crippen molar-refractivity contribution >= 4 is 23.4 Å². The van der Waals surface area contributed by atoms with Crippen molar-refractivity contribution in [2.75, 3.05) is 13.1 Å². The SMILES string of the molecule is CCCCCc1ccc(C(=O)N(CC(=O)N2CCCC[C@H]2c2nc(-c3ccc(Cl)cc3)no2)Cc2ccccc2)cc1. The van der Waals surface area contributed by atoms with Gasteiger partial charge in [0.25, 0.3) is 5.91 Å². The molecule has 1 aliphatic heterocycles. The van der Waals surface area contributed by atoms with Crippen LogP contribution >= 0.6 is 11.6 Å². The Morgan fingerprint density at radius 3 is 2.45 bits per heavy atom. The fourth-order valence-corrected chi connectivity index (χ4v) is 5.53. The summed E-state index contributed by atoms with van der Waals surface area (Å²) in [6.45, 7) is 3.06. The van der Waals surface area contributed by atoms with Gasteiger partial charge in [-0.15, -0.1) is 0 Å². The van der Waals surface area contributed by atoms with Gasteiger partial charge in [0.2, 0.25) is 17.6 Å². The van der Waals surface area contributed by atoms with E-state index in [9.17, 15) is 9.59 Å². The Labute approximate surface area is 252 Å². The predicted octanol–water partition coefficient (Wildman–Crippen LogP) is 7.52. The lowest BCUT2D eigenvalue weighted by atomic mass is 10.0. The lowest BCUT2D eigenvalue weighted by Gasteiger charge is -2.35. The number of unbranched alkanes of at least 4 members (excludes halogenated alkanes) is 2. The van der Waals surface area contributed by atoms with E-state index in [1.54, 1.807) is 21.9 Å². The van der Waals surface area contributed by atoms with Crippen LogP contribution in [0, 0.1) is 0 Å². The van der Waals surface area contributed by atoms with Crippen LogP contribution in [0.3, 0.4) is 0 Å². The number of hydrogen-bond donors (Lipinski definition) is 0. The molecule has 4 aromatic rings. The molecule has 0 N–H and O–H groups in total. The van der Waals surface area contributed by atoms with Gasteiger partial charge in [-0.3, -0.25) is 9.59 Å². The molecule has 3 aromatic carbocycles. The molecule has 1 fully saturated rings. The second kappa shape index (κ2) is 14.3. The number of piperidine rings is 1. The summed E-state index contributed by atoms with van der Waals surface area (Å²) in [5, 5.41) is 4.80. The molecule has 1 saturated heterocycles. The molecule has 0 radical (unpaired) electrons. The molecule has 1 aromatic heterocycles. The largest absolute Gasteiger partial charge is 0.337 e. The number of nitrogens with zero attached hydrogens (tertiary/aromatic N) is 4. The van der Waals surface area contributed by atoms with Crippen molar-refractivity contribution in [3.63, 3.8) is 0 Å². The van der Waals surface area contributed by atoms with Gasteiger partial charge in [0.05, 0.1) is 0 Å². The maximum atomic E-state index is 13.9. The van der Waals surface area contributed by atoms with E-state index in [1.165, 1.54) is 18.4 Å². The highest BCUT2D eigenvalue weighted by atomic mass is 35.5. The van der Waals surface area contributed by atoms with Crippen LogP contribution in [0.4, 0.5) is 0 Å². The summed E-state index contributed by atoms with van der Waals surface area (Å²) in [5.74, 6) is 0.571. The fraction of sp³-hybridized carbons (Fsp3) is 0.353. The predicted molar refractivity (Wildman–Crippen MR) is 164 cm³/mol. The van der Waals surface area contributed by atoms with Crippen LogP contribution in [0.15, 0.2) is 83.4 Å². The average molecular weight is 585 g/mol. The van der Waals surface area contributed by atoms with Gasteiger partial charge in [-0.1, -0.05) is 79.0 Å². The molecule has 0 unspecified atom stereocenters. The number of rotatable bonds is 11. The number of likely N-dealkylation sites (tertiary alicyclic amines) is 1. The molecule has 0 bridgehead atoms. The Balaban J connectivity index is 1.33. The third-order valence-electron chi connectivity index (χ3n) is 7.75. The quantitative estimate of drug-likeness (QED) is 0.170. The van der Waals surface area contributed by atoms with Crippen LogP contribution in [0.5, 0.6) is 0 Å². The highest BCUT2D eigenvalue weighted by Gasteiger charge is 2.34. The van der Waals surface area contributed by atoms with Gasteiger partial charge < -0.3 is 14.3 Å². The summed E-state index contributed by atoms with van der Waals surface area (Å²) >= 11 is 6.03. The number of carbonyl (C=O) groups excluding carboxylic acids is 2. The van der Waals surface area contributed by atoms with Gasteiger partial charge in [0, 0.05) is 29.2 Å². The zero-order chi connectivity index (χ0) is 29.3. The molecule has 0 saturated carbocycles. The van der Waals surface area contributed by atoms with E-state index < -0.39 is 0 Å². The molecule has 42 heavy (non-hydrogen) atoms. The number of aryl methyl sites for hydroxylation is 1. The van der Waals surface area contributed by atoms with E-state index in [2.05, 4.69) is 17.1 Å². The van der Waals surface area contributed by atoms with Crippen molar-refractivity contribution in [2.24, 2.45) is 0 Å². The first-order valence-electron chi connectivity index (χ1n) is 14.8. The number of halogens is 1. The number of carbonyl (C=O) groups is 2. The van der Waals surface area contributed by atoms with Gasteiger partial charge in [0.15, 0.2) is 0 Å². The molecule has 218 valence electrons. The maximum Gasteiger partial charge on any atom is 0.254 e. The first kappa shape index (κ1) is 29.5. The Hall–Kier alpha value is -3.97. The smallest absolute Gasteiger partial charge is 0.254 e. The first-order valence-corrected chi connectivity index (χ1v) is 15.2. The third-order valence-corrected chi connectivity index (χ3v) is 8.00. The summed E-state index contributed by atoms with van der Waals surface area (Å²) in [6, 6.07) is 24.5. The second-order valence-electron chi connectivity index (χ2n) is 10.9. The van der Waals surface area contributed by atoms with Crippen molar-refractivity contribution in [2.45, 2.75) is 64.5 Å². The standard InChI is InChI=1S/C34H37ClN4O3/c1-2-3-5-10-25-14-16-28(17-15-25)34(41)38(23-26-11-6-4-7-12-26)24-31(40)39-22-9-8-13-30(39)33-36-32(37-42-33)27-18-20-29(35)21-19-27/h4,6-7,11-12,14-21,30H,2-3,5,8-10,13,22-24H2,1H3/t30-/m0/s1. The minimum Gasteiger partial charge on any atom is -0.337 e. The molecular weight excluding hydrogens is 548 g/mol. The topological polar surface area (TPSA) is 79.5 Å². The van der Waals surface area contributed by atoms with Gasteiger partial charge in [-0.25, -0.2) is 0 Å². The molecule has 5 rings (SSSR count). The third kappa shape index (κ3) is 7.45. The number of aromatic nitrogens is 2. The van der Waals surface area contributed by atoms with E-state index in [0.717, 1.165) is 43.2 Å². The normalized spacial score (nSPS) is 15.0. The minimum atomic E-state index is -0.337.